The molecule has 1 aromatic carbocycles. The van der Waals surface area contributed by atoms with Gasteiger partial charge in [0.05, 0.1) is 17.8 Å². The number of methoxy groups -OCH3 is 1. The van der Waals surface area contributed by atoms with Gasteiger partial charge in [0, 0.05) is 7.11 Å². The summed E-state index contributed by atoms with van der Waals surface area (Å²) in [5.41, 5.74) is 8.04. The zero-order valence-electron chi connectivity index (χ0n) is 13.2. The van der Waals surface area contributed by atoms with Gasteiger partial charge in [-0.3, -0.25) is 4.79 Å². The largest absolute Gasteiger partial charge is 0.464 e. The van der Waals surface area contributed by atoms with E-state index in [2.05, 4.69) is 11.9 Å². The van der Waals surface area contributed by atoms with Gasteiger partial charge < -0.3 is 19.8 Å². The zero-order chi connectivity index (χ0) is 15.9. The fourth-order valence-corrected chi connectivity index (χ4v) is 2.35. The van der Waals surface area contributed by atoms with Crippen molar-refractivity contribution in [1.29, 1.82) is 0 Å². The van der Waals surface area contributed by atoms with Crippen LogP contribution in [0.3, 0.4) is 0 Å². The Morgan fingerprint density at radius 1 is 1.36 bits per heavy atom. The lowest BCUT2D eigenvalue weighted by atomic mass is 10.2. The van der Waals surface area contributed by atoms with Crippen LogP contribution in [-0.4, -0.2) is 29.2 Å². The molecule has 6 heteroatoms. The van der Waals surface area contributed by atoms with Crippen molar-refractivity contribution in [2.45, 2.75) is 39.3 Å². The minimum absolute atomic E-state index is 0.116. The number of fused-ring (bicyclic) bond motifs is 1. The Labute approximate surface area is 130 Å². The van der Waals surface area contributed by atoms with Gasteiger partial charge in [-0.2, -0.15) is 0 Å². The smallest absolute Gasteiger partial charge is 0.326 e. The maximum Gasteiger partial charge on any atom is 0.326 e. The average Bonchev–Trinajstić information content (AvgIpc) is 2.84. The second-order valence-corrected chi connectivity index (χ2v) is 5.19. The van der Waals surface area contributed by atoms with Crippen LogP contribution in [0.25, 0.3) is 11.0 Å². The summed E-state index contributed by atoms with van der Waals surface area (Å²) >= 11 is 0. The predicted octanol–water partition coefficient (Wildman–Crippen LogP) is 2.50. The number of nitrogens with zero attached hydrogens (tertiary/aromatic N) is 2. The first-order chi connectivity index (χ1) is 10.7. The summed E-state index contributed by atoms with van der Waals surface area (Å²) in [5.74, 6) is 0.399. The molecule has 0 saturated heterocycles. The summed E-state index contributed by atoms with van der Waals surface area (Å²) < 4.78 is 12.2. The van der Waals surface area contributed by atoms with Crippen LogP contribution in [-0.2, 0) is 27.4 Å². The molecule has 0 unspecified atom stereocenters. The number of anilines is 1. The van der Waals surface area contributed by atoms with E-state index in [1.54, 1.807) is 17.7 Å². The number of hydrogen-bond donors (Lipinski definition) is 1. The van der Waals surface area contributed by atoms with Gasteiger partial charge in [0.25, 0.3) is 0 Å². The highest BCUT2D eigenvalue weighted by molar-refractivity contribution is 5.88. The van der Waals surface area contributed by atoms with Crippen molar-refractivity contribution in [3.05, 3.63) is 24.0 Å². The van der Waals surface area contributed by atoms with Gasteiger partial charge in [0.15, 0.2) is 0 Å². The Morgan fingerprint density at radius 2 is 2.18 bits per heavy atom. The molecule has 0 bridgehead atoms. The van der Waals surface area contributed by atoms with Crippen LogP contribution < -0.4 is 5.73 Å². The maximum atomic E-state index is 12.0. The lowest BCUT2D eigenvalue weighted by molar-refractivity contribution is -0.144. The lowest BCUT2D eigenvalue weighted by Crippen LogP contribution is -2.16. The molecule has 0 aliphatic heterocycles. The van der Waals surface area contributed by atoms with Crippen LogP contribution in [0.15, 0.2) is 18.2 Å². The lowest BCUT2D eigenvalue weighted by Gasteiger charge is -2.09. The van der Waals surface area contributed by atoms with Crippen molar-refractivity contribution >= 4 is 22.7 Å². The first-order valence-corrected chi connectivity index (χ1v) is 7.55. The van der Waals surface area contributed by atoms with E-state index in [1.165, 1.54) is 0 Å². The van der Waals surface area contributed by atoms with E-state index in [1.807, 2.05) is 12.1 Å². The average molecular weight is 305 g/mol. The van der Waals surface area contributed by atoms with E-state index in [-0.39, 0.29) is 12.5 Å². The summed E-state index contributed by atoms with van der Waals surface area (Å²) in [6.45, 7) is 3.00. The normalized spacial score (nSPS) is 11.0. The van der Waals surface area contributed by atoms with Crippen molar-refractivity contribution in [1.82, 2.24) is 9.55 Å². The van der Waals surface area contributed by atoms with Crippen LogP contribution in [0.4, 0.5) is 5.69 Å². The quantitative estimate of drug-likeness (QED) is 0.460. The molecule has 0 aliphatic carbocycles. The van der Waals surface area contributed by atoms with Crippen LogP contribution in [0.5, 0.6) is 0 Å². The molecule has 120 valence electrons. The van der Waals surface area contributed by atoms with Gasteiger partial charge in [-0.1, -0.05) is 25.8 Å². The number of esters is 1. The number of carbonyl (C=O) groups is 1. The number of imidazole rings is 1. The maximum absolute atomic E-state index is 12.0. The fourth-order valence-electron chi connectivity index (χ4n) is 2.35. The van der Waals surface area contributed by atoms with Crippen LogP contribution in [0, 0.1) is 0 Å². The molecule has 6 nitrogen and oxygen atoms in total. The Kier molecular flexibility index (Phi) is 5.77. The number of nitrogen functional groups attached to an aromatic ring is 1. The first-order valence-electron chi connectivity index (χ1n) is 7.55. The van der Waals surface area contributed by atoms with Gasteiger partial charge in [-0.25, -0.2) is 4.98 Å². The minimum atomic E-state index is -0.268. The fraction of sp³-hybridized carbons (Fsp3) is 0.500. The summed E-state index contributed by atoms with van der Waals surface area (Å²) in [6.07, 6.45) is 3.05. The number of rotatable bonds is 8. The van der Waals surface area contributed by atoms with Gasteiger partial charge in [-0.05, 0) is 18.6 Å². The second kappa shape index (κ2) is 7.79. The Morgan fingerprint density at radius 3 is 2.91 bits per heavy atom. The Balaban J connectivity index is 2.16. The summed E-state index contributed by atoms with van der Waals surface area (Å²) in [4.78, 5) is 16.5. The summed E-state index contributed by atoms with van der Waals surface area (Å²) in [5, 5.41) is 0. The highest BCUT2D eigenvalue weighted by atomic mass is 16.5. The third kappa shape index (κ3) is 3.76. The van der Waals surface area contributed by atoms with E-state index in [0.717, 1.165) is 24.8 Å². The standard InChI is InChI=1S/C16H23N3O3/c1-3-4-5-9-22-15(20)10-19-13-8-6-7-12(17)16(13)18-14(19)11-21-2/h6-8H,3-5,9-11,17H2,1-2H3. The van der Waals surface area contributed by atoms with Gasteiger partial charge in [0.1, 0.15) is 24.5 Å². The number of ether oxygens (including phenoxy) is 2. The van der Waals surface area contributed by atoms with Gasteiger partial charge in [0.2, 0.25) is 0 Å². The van der Waals surface area contributed by atoms with E-state index in [0.29, 0.717) is 30.2 Å². The molecular weight excluding hydrogens is 282 g/mol. The van der Waals surface area contributed by atoms with Crippen LogP contribution in [0.2, 0.25) is 0 Å². The SMILES string of the molecule is CCCCCOC(=O)Cn1c(COC)nc2c(N)cccc21. The van der Waals surface area contributed by atoms with Crippen molar-refractivity contribution in [2.75, 3.05) is 19.5 Å². The van der Waals surface area contributed by atoms with Crippen molar-refractivity contribution < 1.29 is 14.3 Å². The second-order valence-electron chi connectivity index (χ2n) is 5.19. The number of carbonyl (C=O) groups excluding carboxylic acids is 1. The molecule has 0 radical (unpaired) electrons. The third-order valence-electron chi connectivity index (χ3n) is 3.46. The first kappa shape index (κ1) is 16.3. The molecule has 2 aromatic rings. The molecule has 1 heterocycles. The highest BCUT2D eigenvalue weighted by Crippen LogP contribution is 2.22. The van der Waals surface area contributed by atoms with E-state index in [4.69, 9.17) is 15.2 Å². The summed E-state index contributed by atoms with van der Waals surface area (Å²) in [6, 6.07) is 5.53. The Hall–Kier alpha value is -2.08. The van der Waals surface area contributed by atoms with E-state index in [9.17, 15) is 4.79 Å². The van der Waals surface area contributed by atoms with Gasteiger partial charge in [-0.15, -0.1) is 0 Å². The molecule has 0 fully saturated rings. The molecule has 2 N–H and O–H groups in total. The molecule has 0 saturated carbocycles. The zero-order valence-corrected chi connectivity index (χ0v) is 13.2. The molecule has 0 aliphatic rings. The molecule has 0 spiro atoms. The third-order valence-corrected chi connectivity index (χ3v) is 3.46. The number of para-hydroxylation sites is 1. The van der Waals surface area contributed by atoms with E-state index < -0.39 is 0 Å². The number of hydrogen-bond acceptors (Lipinski definition) is 5. The number of aromatic nitrogens is 2. The van der Waals surface area contributed by atoms with E-state index >= 15 is 0 Å². The number of unbranched alkanes of at least 4 members (excludes halogenated alkanes) is 2. The highest BCUT2D eigenvalue weighted by Gasteiger charge is 2.15. The minimum Gasteiger partial charge on any atom is -0.464 e. The monoisotopic (exact) mass is 305 g/mol. The predicted molar refractivity (Wildman–Crippen MR) is 85.3 cm³/mol. The summed E-state index contributed by atoms with van der Waals surface area (Å²) in [7, 11) is 1.59. The van der Waals surface area contributed by atoms with Crippen molar-refractivity contribution in [3.63, 3.8) is 0 Å². The molecule has 0 atom stereocenters. The molecule has 2 rings (SSSR count). The molecule has 1 aromatic heterocycles. The van der Waals surface area contributed by atoms with Crippen LogP contribution >= 0.6 is 0 Å². The topological polar surface area (TPSA) is 79.4 Å². The molecule has 0 amide bonds. The van der Waals surface area contributed by atoms with Gasteiger partial charge >= 0.3 is 5.97 Å². The number of benzene rings is 1. The molecular formula is C16H23N3O3. The van der Waals surface area contributed by atoms with Crippen molar-refractivity contribution in [3.8, 4) is 0 Å². The number of nitrogens with two attached hydrogens (primary N) is 1. The molecule has 22 heavy (non-hydrogen) atoms. The Bertz CT molecular complexity index is 637. The van der Waals surface area contributed by atoms with Crippen LogP contribution in [0.1, 0.15) is 32.0 Å². The van der Waals surface area contributed by atoms with Crippen molar-refractivity contribution in [2.24, 2.45) is 0 Å².